The number of carboxylic acids is 1. The fourth-order valence-corrected chi connectivity index (χ4v) is 8.68. The second-order valence-corrected chi connectivity index (χ2v) is 11.4. The summed E-state index contributed by atoms with van der Waals surface area (Å²) in [5.74, 6) is 0.997. The van der Waals surface area contributed by atoms with E-state index in [-0.39, 0.29) is 41.3 Å². The lowest BCUT2D eigenvalue weighted by molar-refractivity contribution is -0.207. The molecule has 0 radical (unpaired) electrons. The highest BCUT2D eigenvalue weighted by atomic mass is 16.4. The summed E-state index contributed by atoms with van der Waals surface area (Å²) < 4.78 is 0. The molecular formula is C24H40O5. The van der Waals surface area contributed by atoms with Gasteiger partial charge in [-0.05, 0) is 97.7 Å². The van der Waals surface area contributed by atoms with Gasteiger partial charge >= 0.3 is 5.97 Å². The minimum atomic E-state index is -0.748. The number of hydrogen-bond acceptors (Lipinski definition) is 4. The van der Waals surface area contributed by atoms with Crippen molar-refractivity contribution in [3.63, 3.8) is 0 Å². The maximum Gasteiger partial charge on any atom is 0.303 e. The van der Waals surface area contributed by atoms with Gasteiger partial charge in [-0.2, -0.15) is 0 Å². The number of carbonyl (C=O) groups is 1. The van der Waals surface area contributed by atoms with E-state index < -0.39 is 12.1 Å². The van der Waals surface area contributed by atoms with E-state index in [0.29, 0.717) is 30.1 Å². The first kappa shape index (κ1) is 21.6. The lowest BCUT2D eigenvalue weighted by Crippen LogP contribution is -2.62. The number of aliphatic carboxylic acids is 1. The number of aliphatic hydroxyl groups is 3. The third-order valence-electron chi connectivity index (χ3n) is 10.3. The smallest absolute Gasteiger partial charge is 0.303 e. The molecule has 0 saturated heterocycles. The van der Waals surface area contributed by atoms with E-state index in [1.807, 2.05) is 0 Å². The molecule has 29 heavy (non-hydrogen) atoms. The maximum absolute atomic E-state index is 11.5. The molecule has 4 N–H and O–H groups in total. The number of carboxylic acid groups (broad SMARTS) is 1. The molecule has 166 valence electrons. The molecule has 0 bridgehead atoms. The largest absolute Gasteiger partial charge is 0.481 e. The highest BCUT2D eigenvalue weighted by molar-refractivity contribution is 5.66. The quantitative estimate of drug-likeness (QED) is 0.571. The highest BCUT2D eigenvalue weighted by Gasteiger charge is 2.65. The van der Waals surface area contributed by atoms with Crippen LogP contribution in [0.5, 0.6) is 0 Å². The SMILES string of the molecule is CC(CCC(=O)O)C1CC[C@H]2[C@@H]3[C@H](O)C[C@@H]4C[C@H](O)CC[C@]4(C)[C@H]3C[C@H](O)[C@]12C. The zero-order valence-corrected chi connectivity index (χ0v) is 18.3. The first-order valence-electron chi connectivity index (χ1n) is 11.8. The normalized spacial score (nSPS) is 52.9. The fraction of sp³-hybridized carbons (Fsp3) is 0.958. The summed E-state index contributed by atoms with van der Waals surface area (Å²) in [6, 6.07) is 0. The Hall–Kier alpha value is -0.650. The molecule has 0 heterocycles. The van der Waals surface area contributed by atoms with Crippen molar-refractivity contribution in [2.75, 3.05) is 0 Å². The monoisotopic (exact) mass is 408 g/mol. The average Bonchev–Trinajstić information content (AvgIpc) is 3.01. The van der Waals surface area contributed by atoms with Gasteiger partial charge in [0.1, 0.15) is 0 Å². The van der Waals surface area contributed by atoms with Crippen molar-refractivity contribution in [1.82, 2.24) is 0 Å². The second kappa shape index (κ2) is 7.49. The van der Waals surface area contributed by atoms with Gasteiger partial charge in [0.15, 0.2) is 0 Å². The Morgan fingerprint density at radius 1 is 1.03 bits per heavy atom. The predicted molar refractivity (Wildman–Crippen MR) is 110 cm³/mol. The van der Waals surface area contributed by atoms with Crippen LogP contribution < -0.4 is 0 Å². The molecule has 0 aromatic rings. The molecule has 0 aromatic carbocycles. The van der Waals surface area contributed by atoms with Crippen LogP contribution in [0.25, 0.3) is 0 Å². The molecule has 4 fully saturated rings. The summed E-state index contributed by atoms with van der Waals surface area (Å²) in [6.45, 7) is 6.72. The third-order valence-corrected chi connectivity index (χ3v) is 10.3. The topological polar surface area (TPSA) is 98.0 Å². The minimum Gasteiger partial charge on any atom is -0.481 e. The third kappa shape index (κ3) is 3.27. The van der Waals surface area contributed by atoms with Crippen LogP contribution in [0, 0.1) is 46.3 Å². The van der Waals surface area contributed by atoms with Crippen LogP contribution in [0.4, 0.5) is 0 Å². The van der Waals surface area contributed by atoms with E-state index in [4.69, 9.17) is 5.11 Å². The molecule has 0 spiro atoms. The number of rotatable bonds is 4. The first-order valence-corrected chi connectivity index (χ1v) is 11.8. The van der Waals surface area contributed by atoms with Crippen LogP contribution in [-0.4, -0.2) is 44.7 Å². The van der Waals surface area contributed by atoms with Gasteiger partial charge in [-0.3, -0.25) is 4.79 Å². The summed E-state index contributed by atoms with van der Waals surface area (Å²) in [5, 5.41) is 42.0. The van der Waals surface area contributed by atoms with E-state index in [2.05, 4.69) is 20.8 Å². The van der Waals surface area contributed by atoms with Gasteiger partial charge in [0, 0.05) is 6.42 Å². The molecule has 11 atom stereocenters. The summed E-state index contributed by atoms with van der Waals surface area (Å²) in [7, 11) is 0. The van der Waals surface area contributed by atoms with Gasteiger partial charge in [0.2, 0.25) is 0 Å². The molecule has 0 amide bonds. The highest BCUT2D eigenvalue weighted by Crippen LogP contribution is 2.68. The van der Waals surface area contributed by atoms with Crippen LogP contribution in [0.2, 0.25) is 0 Å². The van der Waals surface area contributed by atoms with Crippen LogP contribution >= 0.6 is 0 Å². The summed E-state index contributed by atoms with van der Waals surface area (Å²) in [4.78, 5) is 11.1. The molecule has 0 aliphatic heterocycles. The number of fused-ring (bicyclic) bond motifs is 5. The fourth-order valence-electron chi connectivity index (χ4n) is 8.68. The Morgan fingerprint density at radius 3 is 2.45 bits per heavy atom. The van der Waals surface area contributed by atoms with E-state index in [9.17, 15) is 20.1 Å². The van der Waals surface area contributed by atoms with Crippen molar-refractivity contribution in [2.45, 2.75) is 96.9 Å². The Balaban J connectivity index is 1.61. The van der Waals surface area contributed by atoms with Crippen LogP contribution in [0.15, 0.2) is 0 Å². The lowest BCUT2D eigenvalue weighted by atomic mass is 9.43. The Bertz CT molecular complexity index is 637. The van der Waals surface area contributed by atoms with Crippen molar-refractivity contribution in [1.29, 1.82) is 0 Å². The minimum absolute atomic E-state index is 0.0957. The van der Waals surface area contributed by atoms with Gasteiger partial charge in [0.05, 0.1) is 18.3 Å². The van der Waals surface area contributed by atoms with Crippen molar-refractivity contribution in [3.8, 4) is 0 Å². The molecular weight excluding hydrogens is 368 g/mol. The van der Waals surface area contributed by atoms with Gasteiger partial charge in [-0.1, -0.05) is 20.8 Å². The molecule has 5 nitrogen and oxygen atoms in total. The molecule has 4 rings (SSSR count). The number of aliphatic hydroxyl groups excluding tert-OH is 3. The maximum atomic E-state index is 11.5. The average molecular weight is 409 g/mol. The van der Waals surface area contributed by atoms with Crippen LogP contribution in [0.1, 0.15) is 78.6 Å². The van der Waals surface area contributed by atoms with Gasteiger partial charge in [-0.25, -0.2) is 0 Å². The zero-order valence-electron chi connectivity index (χ0n) is 18.3. The van der Waals surface area contributed by atoms with E-state index >= 15 is 0 Å². The van der Waals surface area contributed by atoms with Crippen molar-refractivity contribution in [2.24, 2.45) is 46.3 Å². The van der Waals surface area contributed by atoms with Crippen molar-refractivity contribution >= 4 is 5.97 Å². The van der Waals surface area contributed by atoms with Gasteiger partial charge in [-0.15, -0.1) is 0 Å². The zero-order chi connectivity index (χ0) is 21.1. The van der Waals surface area contributed by atoms with Crippen molar-refractivity contribution < 1.29 is 25.2 Å². The molecule has 4 saturated carbocycles. The van der Waals surface area contributed by atoms with Gasteiger partial charge < -0.3 is 20.4 Å². The Kier molecular flexibility index (Phi) is 5.57. The Labute approximate surface area is 174 Å². The molecule has 0 aromatic heterocycles. The lowest BCUT2D eigenvalue weighted by Gasteiger charge is -2.63. The molecule has 5 heteroatoms. The van der Waals surface area contributed by atoms with Crippen molar-refractivity contribution in [3.05, 3.63) is 0 Å². The second-order valence-electron chi connectivity index (χ2n) is 11.4. The Morgan fingerprint density at radius 2 is 1.76 bits per heavy atom. The summed E-state index contributed by atoms with van der Waals surface area (Å²) in [5.41, 5.74) is -0.143. The molecule has 4 aliphatic carbocycles. The first-order chi connectivity index (χ1) is 13.6. The van der Waals surface area contributed by atoms with Crippen LogP contribution in [-0.2, 0) is 4.79 Å². The van der Waals surface area contributed by atoms with Gasteiger partial charge in [0.25, 0.3) is 0 Å². The summed E-state index contributed by atoms with van der Waals surface area (Å²) in [6.07, 6.45) is 6.00. The molecule has 2 unspecified atom stereocenters. The molecule has 4 aliphatic rings. The van der Waals surface area contributed by atoms with E-state index in [1.165, 1.54) is 0 Å². The predicted octanol–water partition coefficient (Wildman–Crippen LogP) is 3.45. The van der Waals surface area contributed by atoms with Crippen LogP contribution in [0.3, 0.4) is 0 Å². The summed E-state index contributed by atoms with van der Waals surface area (Å²) >= 11 is 0. The number of hydrogen-bond donors (Lipinski definition) is 4. The van der Waals surface area contributed by atoms with E-state index in [0.717, 1.165) is 44.9 Å². The standard InChI is InChI=1S/C24H40O5/c1-13(4-7-21(28)29)16-5-6-17-22-18(12-20(27)24(16,17)3)23(2)9-8-15(25)10-14(23)11-19(22)26/h13-20,22,25-27H,4-12H2,1-3H3,(H,28,29)/t13?,14-,15+,16?,17-,18-,19+,20-,22-,23-,24+/m0/s1. The van der Waals surface area contributed by atoms with E-state index in [1.54, 1.807) is 0 Å².